The Morgan fingerprint density at radius 3 is 2.41 bits per heavy atom. The molecule has 0 aliphatic heterocycles. The molecule has 0 unspecified atom stereocenters. The number of alkyl halides is 3. The van der Waals surface area contributed by atoms with E-state index in [2.05, 4.69) is 9.68 Å². The summed E-state index contributed by atoms with van der Waals surface area (Å²) in [5.74, 6) is 0.452. The van der Waals surface area contributed by atoms with Crippen LogP contribution in [0, 0.1) is 0 Å². The number of anilines is 1. The Bertz CT molecular complexity index is 1090. The van der Waals surface area contributed by atoms with Crippen molar-refractivity contribution in [2.45, 2.75) is 17.7 Å². The van der Waals surface area contributed by atoms with Gasteiger partial charge in [0, 0.05) is 13.1 Å². The van der Waals surface area contributed by atoms with E-state index < -0.39 is 31.7 Å². The molecule has 0 fully saturated rings. The van der Waals surface area contributed by atoms with Crippen molar-refractivity contribution in [3.05, 3.63) is 71.1 Å². The van der Waals surface area contributed by atoms with Crippen LogP contribution in [0.3, 0.4) is 0 Å². The van der Waals surface area contributed by atoms with E-state index >= 15 is 0 Å². The lowest BCUT2D eigenvalue weighted by Gasteiger charge is -2.21. The monoisotopic (exact) mass is 446 g/mol. The van der Waals surface area contributed by atoms with Crippen molar-refractivity contribution in [2.75, 3.05) is 11.4 Å². The minimum atomic E-state index is -4.77. The van der Waals surface area contributed by atoms with E-state index in [0.29, 0.717) is 17.5 Å². The maximum Gasteiger partial charge on any atom is 0.417 e. The topological polar surface area (TPSA) is 72.6 Å². The number of sulfonamides is 1. The third-order valence-corrected chi connectivity index (χ3v) is 6.09. The zero-order valence-electron chi connectivity index (χ0n) is 14.9. The maximum atomic E-state index is 13.0. The van der Waals surface area contributed by atoms with Gasteiger partial charge in [-0.15, -0.1) is 0 Å². The lowest BCUT2D eigenvalue weighted by atomic mass is 10.2. The van der Waals surface area contributed by atoms with Gasteiger partial charge in [0.25, 0.3) is 10.0 Å². The fourth-order valence-corrected chi connectivity index (χ4v) is 3.85. The van der Waals surface area contributed by atoms with Crippen molar-refractivity contribution < 1.29 is 30.8 Å². The Morgan fingerprint density at radius 1 is 1.14 bits per heavy atom. The molecule has 0 radical (unpaired) electrons. The molecule has 1 heterocycles. The van der Waals surface area contributed by atoms with Crippen LogP contribution in [0.1, 0.15) is 11.3 Å². The molecule has 0 amide bonds. The number of benzene rings is 2. The molecule has 3 rings (SSSR count). The number of ether oxygens (including phenoxy) is 1. The van der Waals surface area contributed by atoms with E-state index in [4.69, 9.17) is 16.3 Å². The summed E-state index contributed by atoms with van der Waals surface area (Å²) < 4.78 is 75.7. The molecule has 2 aromatic carbocycles. The van der Waals surface area contributed by atoms with Crippen molar-refractivity contribution >= 4 is 27.3 Å². The van der Waals surface area contributed by atoms with Crippen LogP contribution in [0.15, 0.2) is 64.2 Å². The third kappa shape index (κ3) is 4.65. The summed E-state index contributed by atoms with van der Waals surface area (Å²) in [6.07, 6.45) is -3.37. The average molecular weight is 447 g/mol. The highest BCUT2D eigenvalue weighted by molar-refractivity contribution is 7.92. The van der Waals surface area contributed by atoms with Gasteiger partial charge < -0.3 is 9.26 Å². The van der Waals surface area contributed by atoms with Gasteiger partial charge >= 0.3 is 6.18 Å². The van der Waals surface area contributed by atoms with Crippen LogP contribution in [0.25, 0.3) is 0 Å². The molecule has 0 N–H and O–H groups in total. The van der Waals surface area contributed by atoms with Crippen LogP contribution in [0.4, 0.5) is 18.9 Å². The van der Waals surface area contributed by atoms with Crippen molar-refractivity contribution in [3.63, 3.8) is 0 Å². The summed E-state index contributed by atoms with van der Waals surface area (Å²) in [6, 6.07) is 10.1. The molecular formula is C18H14ClF3N2O4S. The van der Waals surface area contributed by atoms with Crippen molar-refractivity contribution in [1.29, 1.82) is 0 Å². The first-order valence-corrected chi connectivity index (χ1v) is 9.88. The highest BCUT2D eigenvalue weighted by atomic mass is 35.5. The molecule has 6 nitrogen and oxygen atoms in total. The van der Waals surface area contributed by atoms with E-state index in [-0.39, 0.29) is 12.3 Å². The summed E-state index contributed by atoms with van der Waals surface area (Å²) in [7, 11) is -3.00. The number of rotatable bonds is 6. The van der Waals surface area contributed by atoms with Crippen LogP contribution < -0.4 is 9.04 Å². The normalized spacial score (nSPS) is 12.0. The van der Waals surface area contributed by atoms with Crippen LogP contribution in [-0.2, 0) is 22.8 Å². The van der Waals surface area contributed by atoms with Gasteiger partial charge in [-0.2, -0.15) is 13.2 Å². The average Bonchev–Trinajstić information content (AvgIpc) is 3.19. The number of aromatic nitrogens is 1. The van der Waals surface area contributed by atoms with Crippen LogP contribution in [-0.4, -0.2) is 20.6 Å². The quantitative estimate of drug-likeness (QED) is 0.546. The van der Waals surface area contributed by atoms with Gasteiger partial charge in [-0.25, -0.2) is 8.42 Å². The summed E-state index contributed by atoms with van der Waals surface area (Å²) in [4.78, 5) is -0.525. The number of hydrogen-bond donors (Lipinski definition) is 0. The Labute approximate surface area is 169 Å². The zero-order chi connectivity index (χ0) is 21.2. The molecule has 0 saturated carbocycles. The molecule has 154 valence electrons. The fourth-order valence-electron chi connectivity index (χ4n) is 2.40. The van der Waals surface area contributed by atoms with E-state index in [1.807, 2.05) is 0 Å². The molecule has 0 aliphatic carbocycles. The van der Waals surface area contributed by atoms with Crippen molar-refractivity contribution in [2.24, 2.45) is 0 Å². The van der Waals surface area contributed by atoms with Gasteiger partial charge in [0.1, 0.15) is 24.3 Å². The minimum Gasteiger partial charge on any atom is -0.487 e. The standard InChI is InChI=1S/C18H14ClF3N2O4S/c1-24(13-2-4-14(5-3-13)27-11-12-8-9-28-23-12)29(25,26)15-6-7-17(19)16(10-15)18(20,21)22/h2-10H,11H2,1H3. The predicted octanol–water partition coefficient (Wildman–Crippen LogP) is 4.75. The van der Waals surface area contributed by atoms with E-state index in [0.717, 1.165) is 16.4 Å². The highest BCUT2D eigenvalue weighted by Crippen LogP contribution is 2.36. The van der Waals surface area contributed by atoms with Crippen molar-refractivity contribution in [3.8, 4) is 5.75 Å². The van der Waals surface area contributed by atoms with Gasteiger partial charge in [-0.3, -0.25) is 4.31 Å². The lowest BCUT2D eigenvalue weighted by molar-refractivity contribution is -0.137. The van der Waals surface area contributed by atoms with E-state index in [1.54, 1.807) is 6.07 Å². The molecular weight excluding hydrogens is 433 g/mol. The Morgan fingerprint density at radius 2 is 1.83 bits per heavy atom. The molecule has 3 aromatic rings. The first kappa shape index (κ1) is 21.0. The first-order valence-electron chi connectivity index (χ1n) is 8.07. The van der Waals surface area contributed by atoms with Crippen LogP contribution in [0.2, 0.25) is 5.02 Å². The molecule has 0 aliphatic rings. The Balaban J connectivity index is 1.81. The highest BCUT2D eigenvalue weighted by Gasteiger charge is 2.35. The number of hydrogen-bond acceptors (Lipinski definition) is 5. The summed E-state index contributed by atoms with van der Waals surface area (Å²) >= 11 is 5.56. The molecule has 1 aromatic heterocycles. The predicted molar refractivity (Wildman–Crippen MR) is 99.3 cm³/mol. The summed E-state index contributed by atoms with van der Waals surface area (Å²) in [6.45, 7) is 0.162. The minimum absolute atomic E-state index is 0.162. The SMILES string of the molecule is CN(c1ccc(OCc2ccon2)cc1)S(=O)(=O)c1ccc(Cl)c(C(F)(F)F)c1. The summed E-state index contributed by atoms with van der Waals surface area (Å²) in [5, 5.41) is 3.12. The Hall–Kier alpha value is -2.72. The second-order valence-corrected chi connectivity index (χ2v) is 8.26. The van der Waals surface area contributed by atoms with Crippen LogP contribution in [0.5, 0.6) is 5.75 Å². The Kier molecular flexibility index (Phi) is 5.76. The fraction of sp³-hybridized carbons (Fsp3) is 0.167. The van der Waals surface area contributed by atoms with Crippen LogP contribution >= 0.6 is 11.6 Å². The molecule has 0 saturated heterocycles. The van der Waals surface area contributed by atoms with Gasteiger partial charge in [0.05, 0.1) is 21.2 Å². The molecule has 0 spiro atoms. The van der Waals surface area contributed by atoms with E-state index in [9.17, 15) is 21.6 Å². The van der Waals surface area contributed by atoms with Gasteiger partial charge in [-0.1, -0.05) is 16.8 Å². The van der Waals surface area contributed by atoms with Gasteiger partial charge in [0.2, 0.25) is 0 Å². The number of nitrogens with zero attached hydrogens (tertiary/aromatic N) is 2. The second-order valence-electron chi connectivity index (χ2n) is 5.89. The molecule has 11 heteroatoms. The molecule has 0 atom stereocenters. The van der Waals surface area contributed by atoms with Gasteiger partial charge in [-0.05, 0) is 42.5 Å². The molecule has 0 bridgehead atoms. The second kappa shape index (κ2) is 7.96. The maximum absolute atomic E-state index is 13.0. The van der Waals surface area contributed by atoms with E-state index in [1.165, 1.54) is 37.6 Å². The smallest absolute Gasteiger partial charge is 0.417 e. The van der Waals surface area contributed by atoms with Crippen molar-refractivity contribution in [1.82, 2.24) is 5.16 Å². The lowest BCUT2D eigenvalue weighted by Crippen LogP contribution is -2.26. The number of halogens is 4. The molecule has 29 heavy (non-hydrogen) atoms. The largest absolute Gasteiger partial charge is 0.487 e. The van der Waals surface area contributed by atoms with Gasteiger partial charge in [0.15, 0.2) is 0 Å². The summed E-state index contributed by atoms with van der Waals surface area (Å²) in [5.41, 5.74) is -0.399. The third-order valence-electron chi connectivity index (χ3n) is 3.98. The first-order chi connectivity index (χ1) is 13.6. The zero-order valence-corrected chi connectivity index (χ0v) is 16.4.